The van der Waals surface area contributed by atoms with E-state index in [4.69, 9.17) is 5.84 Å². The fourth-order valence-electron chi connectivity index (χ4n) is 2.11. The second-order valence-electron chi connectivity index (χ2n) is 4.74. The van der Waals surface area contributed by atoms with E-state index in [2.05, 4.69) is 24.5 Å². The van der Waals surface area contributed by atoms with Crippen LogP contribution in [0.25, 0.3) is 0 Å². The summed E-state index contributed by atoms with van der Waals surface area (Å²) < 4.78 is 26.1. The average Bonchev–Trinajstić information content (AvgIpc) is 2.90. The standard InChI is InChI=1S/C15H18F2N2S/c1-2-12-4-5-13(20-12)9-11(19-18)7-10-3-6-14(16)15(17)8-10/h3-6,8,11,19H,2,7,9,18H2,1H3. The first kappa shape index (κ1) is 15.1. The highest BCUT2D eigenvalue weighted by Crippen LogP contribution is 2.20. The summed E-state index contributed by atoms with van der Waals surface area (Å²) in [6.07, 6.45) is 2.36. The van der Waals surface area contributed by atoms with Crippen LogP contribution in [0, 0.1) is 11.6 Å². The predicted octanol–water partition coefficient (Wildman–Crippen LogP) is 3.21. The lowest BCUT2D eigenvalue weighted by molar-refractivity contribution is 0.499. The van der Waals surface area contributed by atoms with Gasteiger partial charge in [-0.3, -0.25) is 11.3 Å². The van der Waals surface area contributed by atoms with E-state index in [1.54, 1.807) is 17.4 Å². The Morgan fingerprint density at radius 2 is 1.85 bits per heavy atom. The maximum absolute atomic E-state index is 13.2. The Balaban J connectivity index is 2.02. The van der Waals surface area contributed by atoms with Crippen LogP contribution in [0.2, 0.25) is 0 Å². The first-order valence-corrected chi connectivity index (χ1v) is 7.41. The molecule has 0 aliphatic carbocycles. The van der Waals surface area contributed by atoms with E-state index < -0.39 is 11.6 Å². The highest BCUT2D eigenvalue weighted by atomic mass is 32.1. The van der Waals surface area contributed by atoms with E-state index in [-0.39, 0.29) is 6.04 Å². The molecule has 0 spiro atoms. The molecule has 3 N–H and O–H groups in total. The van der Waals surface area contributed by atoms with Crippen molar-refractivity contribution in [3.63, 3.8) is 0 Å². The van der Waals surface area contributed by atoms with Crippen LogP contribution in [0.3, 0.4) is 0 Å². The van der Waals surface area contributed by atoms with Gasteiger partial charge in [-0.1, -0.05) is 13.0 Å². The molecule has 2 aromatic rings. The van der Waals surface area contributed by atoms with E-state index in [0.29, 0.717) is 6.42 Å². The molecule has 1 atom stereocenters. The average molecular weight is 296 g/mol. The van der Waals surface area contributed by atoms with Crippen LogP contribution < -0.4 is 11.3 Å². The van der Waals surface area contributed by atoms with Crippen LogP contribution in [-0.4, -0.2) is 6.04 Å². The van der Waals surface area contributed by atoms with Crippen LogP contribution in [0.5, 0.6) is 0 Å². The number of rotatable bonds is 6. The van der Waals surface area contributed by atoms with Crippen molar-refractivity contribution in [1.82, 2.24) is 5.43 Å². The Kier molecular flexibility index (Phi) is 5.23. The normalized spacial score (nSPS) is 12.6. The van der Waals surface area contributed by atoms with Crippen LogP contribution in [0.15, 0.2) is 30.3 Å². The highest BCUT2D eigenvalue weighted by Gasteiger charge is 2.12. The van der Waals surface area contributed by atoms with E-state index >= 15 is 0 Å². The quantitative estimate of drug-likeness (QED) is 0.634. The van der Waals surface area contributed by atoms with Gasteiger partial charge in [-0.15, -0.1) is 11.3 Å². The van der Waals surface area contributed by atoms with Crippen molar-refractivity contribution in [2.24, 2.45) is 5.84 Å². The molecule has 0 amide bonds. The molecular formula is C15H18F2N2S. The van der Waals surface area contributed by atoms with Gasteiger partial charge in [0.05, 0.1) is 0 Å². The summed E-state index contributed by atoms with van der Waals surface area (Å²) in [6, 6.07) is 8.19. The number of aryl methyl sites for hydroxylation is 1. The van der Waals surface area contributed by atoms with Crippen molar-refractivity contribution in [1.29, 1.82) is 0 Å². The second kappa shape index (κ2) is 6.92. The van der Waals surface area contributed by atoms with Gasteiger partial charge in [0, 0.05) is 15.8 Å². The van der Waals surface area contributed by atoms with E-state index in [1.807, 2.05) is 0 Å². The molecule has 0 saturated carbocycles. The number of nitrogens with one attached hydrogen (secondary N) is 1. The van der Waals surface area contributed by atoms with Crippen LogP contribution in [-0.2, 0) is 19.3 Å². The number of halogens is 2. The number of nitrogens with two attached hydrogens (primary N) is 1. The van der Waals surface area contributed by atoms with E-state index in [1.165, 1.54) is 15.8 Å². The molecule has 2 nitrogen and oxygen atoms in total. The molecule has 0 aliphatic heterocycles. The van der Waals surface area contributed by atoms with E-state index in [0.717, 1.165) is 24.5 Å². The van der Waals surface area contributed by atoms with Gasteiger partial charge in [0.1, 0.15) is 0 Å². The topological polar surface area (TPSA) is 38.0 Å². The minimum absolute atomic E-state index is 0.00298. The molecule has 2 rings (SSSR count). The number of hydrazine groups is 1. The molecule has 108 valence electrons. The van der Waals surface area contributed by atoms with Crippen molar-refractivity contribution in [3.8, 4) is 0 Å². The minimum atomic E-state index is -0.822. The van der Waals surface area contributed by atoms with Crippen LogP contribution >= 0.6 is 11.3 Å². The zero-order chi connectivity index (χ0) is 14.5. The molecule has 1 aromatic heterocycles. The third kappa shape index (κ3) is 3.85. The van der Waals surface area contributed by atoms with Gasteiger partial charge in [-0.05, 0) is 49.1 Å². The number of thiophene rings is 1. The summed E-state index contributed by atoms with van der Waals surface area (Å²) in [5, 5.41) is 0. The van der Waals surface area contributed by atoms with Crippen molar-refractivity contribution in [2.45, 2.75) is 32.2 Å². The summed E-state index contributed by atoms with van der Waals surface area (Å²) in [4.78, 5) is 2.58. The predicted molar refractivity (Wildman–Crippen MR) is 78.6 cm³/mol. The maximum Gasteiger partial charge on any atom is 0.159 e. The SMILES string of the molecule is CCc1ccc(CC(Cc2ccc(F)c(F)c2)NN)s1. The largest absolute Gasteiger partial charge is 0.271 e. The summed E-state index contributed by atoms with van der Waals surface area (Å²) >= 11 is 1.76. The molecule has 1 unspecified atom stereocenters. The molecular weight excluding hydrogens is 278 g/mol. The lowest BCUT2D eigenvalue weighted by Gasteiger charge is -2.15. The lowest BCUT2D eigenvalue weighted by Crippen LogP contribution is -2.38. The van der Waals surface area contributed by atoms with Gasteiger partial charge in [0.25, 0.3) is 0 Å². The molecule has 1 heterocycles. The first-order valence-electron chi connectivity index (χ1n) is 6.60. The van der Waals surface area contributed by atoms with Gasteiger partial charge in [0.15, 0.2) is 11.6 Å². The fourth-order valence-corrected chi connectivity index (χ4v) is 3.14. The fraction of sp³-hybridized carbons (Fsp3) is 0.333. The summed E-state index contributed by atoms with van der Waals surface area (Å²) in [7, 11) is 0. The third-order valence-electron chi connectivity index (χ3n) is 3.22. The van der Waals surface area contributed by atoms with Gasteiger partial charge in [-0.2, -0.15) is 0 Å². The number of hydrogen-bond acceptors (Lipinski definition) is 3. The molecule has 5 heteroatoms. The Bertz CT molecular complexity index is 569. The Labute approximate surface area is 121 Å². The Morgan fingerprint density at radius 1 is 1.10 bits per heavy atom. The summed E-state index contributed by atoms with van der Waals surface area (Å²) in [6.45, 7) is 2.12. The zero-order valence-electron chi connectivity index (χ0n) is 11.3. The number of benzene rings is 1. The Morgan fingerprint density at radius 3 is 2.45 bits per heavy atom. The second-order valence-corrected chi connectivity index (χ2v) is 5.99. The van der Waals surface area contributed by atoms with Gasteiger partial charge in [0.2, 0.25) is 0 Å². The minimum Gasteiger partial charge on any atom is -0.271 e. The van der Waals surface area contributed by atoms with Crippen LogP contribution in [0.1, 0.15) is 22.2 Å². The van der Waals surface area contributed by atoms with Crippen molar-refractivity contribution >= 4 is 11.3 Å². The first-order chi connectivity index (χ1) is 9.62. The van der Waals surface area contributed by atoms with Crippen molar-refractivity contribution in [3.05, 3.63) is 57.3 Å². The molecule has 0 aliphatic rings. The van der Waals surface area contributed by atoms with Crippen LogP contribution in [0.4, 0.5) is 8.78 Å². The molecule has 20 heavy (non-hydrogen) atoms. The lowest BCUT2D eigenvalue weighted by atomic mass is 10.0. The molecule has 0 bridgehead atoms. The summed E-state index contributed by atoms with van der Waals surface area (Å²) in [5.74, 6) is 3.92. The Hall–Kier alpha value is -1.30. The van der Waals surface area contributed by atoms with E-state index in [9.17, 15) is 8.78 Å². The van der Waals surface area contributed by atoms with Gasteiger partial charge >= 0.3 is 0 Å². The zero-order valence-corrected chi connectivity index (χ0v) is 12.1. The number of hydrogen-bond donors (Lipinski definition) is 2. The highest BCUT2D eigenvalue weighted by molar-refractivity contribution is 7.11. The molecule has 0 radical (unpaired) electrons. The third-order valence-corrected chi connectivity index (χ3v) is 4.47. The maximum atomic E-state index is 13.2. The summed E-state index contributed by atoms with van der Waals surface area (Å²) in [5.41, 5.74) is 3.49. The van der Waals surface area contributed by atoms with Gasteiger partial charge in [-0.25, -0.2) is 8.78 Å². The smallest absolute Gasteiger partial charge is 0.159 e. The van der Waals surface area contributed by atoms with Crippen molar-refractivity contribution in [2.75, 3.05) is 0 Å². The molecule has 0 saturated heterocycles. The molecule has 1 aromatic carbocycles. The van der Waals surface area contributed by atoms with Crippen molar-refractivity contribution < 1.29 is 8.78 Å². The monoisotopic (exact) mass is 296 g/mol. The van der Waals surface area contributed by atoms with Gasteiger partial charge < -0.3 is 0 Å². The molecule has 0 fully saturated rings.